The van der Waals surface area contributed by atoms with E-state index in [2.05, 4.69) is 0 Å². The molecule has 0 heterocycles. The third-order valence-corrected chi connectivity index (χ3v) is 5.87. The first-order valence-electron chi connectivity index (χ1n) is 7.10. The Morgan fingerprint density at radius 3 is 2.39 bits per heavy atom. The quantitative estimate of drug-likeness (QED) is 0.830. The van der Waals surface area contributed by atoms with Gasteiger partial charge >= 0.3 is 0 Å². The van der Waals surface area contributed by atoms with Crippen LogP contribution in [0.2, 0.25) is 5.02 Å². The van der Waals surface area contributed by atoms with Crippen LogP contribution in [0.3, 0.4) is 0 Å². The number of para-hydroxylation sites is 1. The number of hydrogen-bond donors (Lipinski definition) is 0. The van der Waals surface area contributed by atoms with Gasteiger partial charge in [-0.2, -0.15) is 0 Å². The van der Waals surface area contributed by atoms with Crippen LogP contribution in [0, 0.1) is 0 Å². The molecule has 1 unspecified atom stereocenters. The minimum Gasteiger partial charge on any atom is -0.314 e. The maximum atomic E-state index is 12.5. The van der Waals surface area contributed by atoms with E-state index in [-0.39, 0.29) is 5.75 Å². The summed E-state index contributed by atoms with van der Waals surface area (Å²) in [6.07, 6.45) is 0. The van der Waals surface area contributed by atoms with Crippen molar-refractivity contribution < 1.29 is 13.2 Å². The normalized spacial score (nSPS) is 12.7. The topological polar surface area (TPSA) is 54.5 Å². The van der Waals surface area contributed by atoms with E-state index in [1.165, 1.54) is 11.8 Å². The molecule has 122 valence electrons. The Morgan fingerprint density at radius 1 is 1.13 bits per heavy atom. The summed E-state index contributed by atoms with van der Waals surface area (Å²) in [5.41, 5.74) is 1.22. The lowest BCUT2D eigenvalue weighted by Gasteiger charge is -2.21. The standard InChI is InChI=1S/C17H18ClNO3S/c1-13(17(20)19(2)16-9-4-3-5-10-16)23(21,22)12-14-7-6-8-15(18)11-14/h3-11,13H,12H2,1-2H3. The lowest BCUT2D eigenvalue weighted by atomic mass is 10.2. The molecule has 1 amide bonds. The van der Waals surface area contributed by atoms with Crippen LogP contribution in [0.4, 0.5) is 5.69 Å². The number of halogens is 1. The number of anilines is 1. The molecule has 0 radical (unpaired) electrons. The Bertz CT molecular complexity index is 790. The minimum absolute atomic E-state index is 0.219. The summed E-state index contributed by atoms with van der Waals surface area (Å²) in [5.74, 6) is -0.679. The minimum atomic E-state index is -3.63. The maximum Gasteiger partial charge on any atom is 0.244 e. The number of rotatable bonds is 5. The Morgan fingerprint density at radius 2 is 1.78 bits per heavy atom. The van der Waals surface area contributed by atoms with Gasteiger partial charge in [-0.1, -0.05) is 41.9 Å². The smallest absolute Gasteiger partial charge is 0.244 e. The molecule has 0 aliphatic rings. The van der Waals surface area contributed by atoms with Crippen LogP contribution in [-0.4, -0.2) is 26.6 Å². The van der Waals surface area contributed by atoms with Gasteiger partial charge in [0.2, 0.25) is 5.91 Å². The first kappa shape index (κ1) is 17.5. The molecular formula is C17H18ClNO3S. The van der Waals surface area contributed by atoms with Gasteiger partial charge in [0.25, 0.3) is 0 Å². The number of sulfone groups is 1. The molecule has 0 bridgehead atoms. The molecule has 4 nitrogen and oxygen atoms in total. The highest BCUT2D eigenvalue weighted by molar-refractivity contribution is 7.92. The second-order valence-electron chi connectivity index (χ2n) is 5.31. The zero-order valence-corrected chi connectivity index (χ0v) is 14.5. The van der Waals surface area contributed by atoms with Crippen molar-refractivity contribution in [2.75, 3.05) is 11.9 Å². The van der Waals surface area contributed by atoms with E-state index in [0.717, 1.165) is 0 Å². The van der Waals surface area contributed by atoms with E-state index < -0.39 is 21.0 Å². The highest BCUT2D eigenvalue weighted by Crippen LogP contribution is 2.19. The van der Waals surface area contributed by atoms with Crippen molar-refractivity contribution >= 4 is 33.0 Å². The van der Waals surface area contributed by atoms with Gasteiger partial charge in [-0.25, -0.2) is 8.42 Å². The van der Waals surface area contributed by atoms with Crippen LogP contribution in [-0.2, 0) is 20.4 Å². The molecule has 0 aromatic heterocycles. The van der Waals surface area contributed by atoms with Gasteiger partial charge < -0.3 is 4.90 Å². The number of carbonyl (C=O) groups excluding carboxylic acids is 1. The van der Waals surface area contributed by atoms with Gasteiger partial charge in [0.15, 0.2) is 9.84 Å². The third-order valence-electron chi connectivity index (χ3n) is 3.62. The SMILES string of the molecule is CC(C(=O)N(C)c1ccccc1)S(=O)(=O)Cc1cccc(Cl)c1. The number of hydrogen-bond acceptors (Lipinski definition) is 3. The molecule has 6 heteroatoms. The van der Waals surface area contributed by atoms with Crippen LogP contribution in [0.25, 0.3) is 0 Å². The van der Waals surface area contributed by atoms with Crippen molar-refractivity contribution in [3.63, 3.8) is 0 Å². The Labute approximate surface area is 141 Å². The molecule has 0 N–H and O–H groups in total. The fourth-order valence-electron chi connectivity index (χ4n) is 2.19. The summed E-state index contributed by atoms with van der Waals surface area (Å²) in [4.78, 5) is 13.8. The molecule has 0 aliphatic carbocycles. The monoisotopic (exact) mass is 351 g/mol. The molecule has 0 saturated heterocycles. The summed E-state index contributed by atoms with van der Waals surface area (Å²) in [6.45, 7) is 1.42. The first-order chi connectivity index (χ1) is 10.8. The highest BCUT2D eigenvalue weighted by Gasteiger charge is 2.31. The predicted molar refractivity (Wildman–Crippen MR) is 93.4 cm³/mol. The predicted octanol–water partition coefficient (Wildman–Crippen LogP) is 3.31. The maximum absolute atomic E-state index is 12.5. The number of benzene rings is 2. The van der Waals surface area contributed by atoms with Crippen molar-refractivity contribution in [1.29, 1.82) is 0 Å². The molecule has 23 heavy (non-hydrogen) atoms. The molecule has 0 spiro atoms. The lowest BCUT2D eigenvalue weighted by Crippen LogP contribution is -2.39. The van der Waals surface area contributed by atoms with E-state index in [1.54, 1.807) is 55.6 Å². The summed E-state index contributed by atoms with van der Waals surface area (Å²) in [7, 11) is -2.06. The molecular weight excluding hydrogens is 334 g/mol. The van der Waals surface area contributed by atoms with Crippen molar-refractivity contribution in [3.8, 4) is 0 Å². The van der Waals surface area contributed by atoms with Crippen molar-refractivity contribution in [2.24, 2.45) is 0 Å². The van der Waals surface area contributed by atoms with Crippen LogP contribution < -0.4 is 4.90 Å². The molecule has 0 saturated carbocycles. The second kappa shape index (κ2) is 7.15. The van der Waals surface area contributed by atoms with Crippen molar-refractivity contribution in [2.45, 2.75) is 17.9 Å². The zero-order chi connectivity index (χ0) is 17.0. The molecule has 0 fully saturated rings. The van der Waals surface area contributed by atoms with Crippen LogP contribution in [0.15, 0.2) is 54.6 Å². The number of carbonyl (C=O) groups is 1. The van der Waals surface area contributed by atoms with Gasteiger partial charge in [-0.3, -0.25) is 4.79 Å². The average molecular weight is 352 g/mol. The summed E-state index contributed by atoms with van der Waals surface area (Å²) in [6, 6.07) is 15.6. The Balaban J connectivity index is 2.17. The molecule has 0 aliphatic heterocycles. The molecule has 2 aromatic rings. The summed E-state index contributed by atoms with van der Waals surface area (Å²) in [5, 5.41) is -0.662. The third kappa shape index (κ3) is 4.33. The fourth-order valence-corrected chi connectivity index (χ4v) is 3.76. The summed E-state index contributed by atoms with van der Waals surface area (Å²) < 4.78 is 25.0. The van der Waals surface area contributed by atoms with E-state index in [9.17, 15) is 13.2 Å². The van der Waals surface area contributed by atoms with Gasteiger partial charge in [0.05, 0.1) is 5.75 Å². The van der Waals surface area contributed by atoms with Crippen LogP contribution in [0.5, 0.6) is 0 Å². The average Bonchev–Trinajstić information content (AvgIpc) is 2.53. The van der Waals surface area contributed by atoms with Gasteiger partial charge in [-0.05, 0) is 36.8 Å². The molecule has 1 atom stereocenters. The molecule has 2 aromatic carbocycles. The van der Waals surface area contributed by atoms with Crippen molar-refractivity contribution in [3.05, 3.63) is 65.2 Å². The summed E-state index contributed by atoms with van der Waals surface area (Å²) >= 11 is 5.88. The fraction of sp³-hybridized carbons (Fsp3) is 0.235. The molecule has 2 rings (SSSR count). The van der Waals surface area contributed by atoms with E-state index in [1.807, 2.05) is 6.07 Å². The largest absolute Gasteiger partial charge is 0.314 e. The van der Waals surface area contributed by atoms with E-state index >= 15 is 0 Å². The number of amides is 1. The van der Waals surface area contributed by atoms with Gasteiger partial charge in [0.1, 0.15) is 5.25 Å². The highest BCUT2D eigenvalue weighted by atomic mass is 35.5. The van der Waals surface area contributed by atoms with E-state index in [4.69, 9.17) is 11.6 Å². The number of nitrogens with zero attached hydrogens (tertiary/aromatic N) is 1. The second-order valence-corrected chi connectivity index (χ2v) is 8.07. The van der Waals surface area contributed by atoms with E-state index in [0.29, 0.717) is 16.3 Å². The van der Waals surface area contributed by atoms with Crippen LogP contribution in [0.1, 0.15) is 12.5 Å². The Hall–Kier alpha value is -1.85. The van der Waals surface area contributed by atoms with Crippen LogP contribution >= 0.6 is 11.6 Å². The van der Waals surface area contributed by atoms with Gasteiger partial charge in [-0.15, -0.1) is 0 Å². The Kier molecular flexibility index (Phi) is 5.44. The first-order valence-corrected chi connectivity index (χ1v) is 9.19. The van der Waals surface area contributed by atoms with Crippen molar-refractivity contribution in [1.82, 2.24) is 0 Å². The van der Waals surface area contributed by atoms with Gasteiger partial charge in [0, 0.05) is 17.8 Å². The lowest BCUT2D eigenvalue weighted by molar-refractivity contribution is -0.117. The zero-order valence-electron chi connectivity index (χ0n) is 12.9.